The molecule has 0 fully saturated rings. The van der Waals surface area contributed by atoms with Gasteiger partial charge >= 0.3 is 0 Å². The van der Waals surface area contributed by atoms with Gasteiger partial charge in [-0.3, -0.25) is 14.9 Å². The summed E-state index contributed by atoms with van der Waals surface area (Å²) in [7, 11) is 1.60. The van der Waals surface area contributed by atoms with Crippen LogP contribution in [0.25, 0.3) is 22.6 Å². The molecule has 0 aliphatic heterocycles. The summed E-state index contributed by atoms with van der Waals surface area (Å²) in [5, 5.41) is 13.9. The van der Waals surface area contributed by atoms with E-state index >= 15 is 0 Å². The summed E-state index contributed by atoms with van der Waals surface area (Å²) in [6.07, 6.45) is 0.802. The molecule has 0 unspecified atom stereocenters. The first-order valence-electron chi connectivity index (χ1n) is 10.2. The second-order valence-electron chi connectivity index (χ2n) is 7.15. The summed E-state index contributed by atoms with van der Waals surface area (Å²) in [4.78, 5) is 27.3. The summed E-state index contributed by atoms with van der Waals surface area (Å²) in [6.45, 7) is 0.394. The minimum Gasteiger partial charge on any atom is -0.497 e. The molecule has 4 rings (SSSR count). The van der Waals surface area contributed by atoms with E-state index in [-0.39, 0.29) is 23.9 Å². The first-order valence-corrected chi connectivity index (χ1v) is 10.2. The zero-order valence-corrected chi connectivity index (χ0v) is 17.8. The van der Waals surface area contributed by atoms with Gasteiger partial charge in [-0.2, -0.15) is 0 Å². The van der Waals surface area contributed by atoms with Crippen LogP contribution in [0, 0.1) is 10.1 Å². The number of hydrogen-bond acceptors (Lipinski definition) is 7. The number of amides is 1. The predicted octanol–water partition coefficient (Wildman–Crippen LogP) is 5.21. The van der Waals surface area contributed by atoms with Crippen LogP contribution in [0.4, 0.5) is 11.4 Å². The third kappa shape index (κ3) is 5.27. The van der Waals surface area contributed by atoms with Crippen LogP contribution in [0.1, 0.15) is 12.8 Å². The quantitative estimate of drug-likeness (QED) is 0.213. The van der Waals surface area contributed by atoms with Crippen LogP contribution in [-0.2, 0) is 4.79 Å². The molecule has 9 heteroatoms. The number of nitrogens with zero attached hydrogens (tertiary/aromatic N) is 2. The third-order valence-electron chi connectivity index (χ3n) is 4.89. The molecule has 0 saturated heterocycles. The molecule has 0 aliphatic rings. The Morgan fingerprint density at radius 1 is 1.09 bits per heavy atom. The van der Waals surface area contributed by atoms with Crippen molar-refractivity contribution in [3.05, 3.63) is 76.8 Å². The molecule has 9 nitrogen and oxygen atoms in total. The van der Waals surface area contributed by atoms with Crippen molar-refractivity contribution in [2.45, 2.75) is 12.8 Å². The first-order chi connectivity index (χ1) is 16.0. The fourth-order valence-electron chi connectivity index (χ4n) is 3.23. The van der Waals surface area contributed by atoms with Gasteiger partial charge in [-0.15, -0.1) is 0 Å². The molecule has 1 N–H and O–H groups in total. The standard InChI is InChI=1S/C24H21N3O6/c1-31-17-9-11-18(12-10-17)32-14-4-7-23(28)25-20-6-3-2-5-19(20)24-26-21-15-16(27(29)30)8-13-22(21)33-24/h2-3,5-6,8-13,15H,4,7,14H2,1H3,(H,25,28). The lowest BCUT2D eigenvalue weighted by Gasteiger charge is -2.10. The second-order valence-corrected chi connectivity index (χ2v) is 7.15. The highest BCUT2D eigenvalue weighted by Crippen LogP contribution is 2.31. The van der Waals surface area contributed by atoms with E-state index < -0.39 is 4.92 Å². The predicted molar refractivity (Wildman–Crippen MR) is 122 cm³/mol. The number of para-hydroxylation sites is 1. The molecule has 0 atom stereocenters. The number of hydrogen-bond donors (Lipinski definition) is 1. The molecule has 0 bridgehead atoms. The Kier molecular flexibility index (Phi) is 6.49. The van der Waals surface area contributed by atoms with Crippen molar-refractivity contribution in [3.63, 3.8) is 0 Å². The highest BCUT2D eigenvalue weighted by molar-refractivity contribution is 5.95. The molecular formula is C24H21N3O6. The zero-order chi connectivity index (χ0) is 23.2. The smallest absolute Gasteiger partial charge is 0.271 e. The molecule has 168 valence electrons. The van der Waals surface area contributed by atoms with Gasteiger partial charge < -0.3 is 19.2 Å². The lowest BCUT2D eigenvalue weighted by molar-refractivity contribution is -0.384. The Balaban J connectivity index is 1.38. The van der Waals surface area contributed by atoms with E-state index in [1.54, 1.807) is 31.4 Å². The number of carbonyl (C=O) groups is 1. The molecule has 1 amide bonds. The fraction of sp³-hybridized carbons (Fsp3) is 0.167. The topological polar surface area (TPSA) is 117 Å². The number of fused-ring (bicyclic) bond motifs is 1. The average molecular weight is 447 g/mol. The van der Waals surface area contributed by atoms with Crippen LogP contribution in [-0.4, -0.2) is 29.5 Å². The van der Waals surface area contributed by atoms with Crippen molar-refractivity contribution in [1.82, 2.24) is 4.98 Å². The molecule has 0 aliphatic carbocycles. The Morgan fingerprint density at radius 2 is 1.85 bits per heavy atom. The van der Waals surface area contributed by atoms with E-state index in [9.17, 15) is 14.9 Å². The second kappa shape index (κ2) is 9.82. The van der Waals surface area contributed by atoms with E-state index in [1.807, 2.05) is 24.3 Å². The molecule has 1 heterocycles. The minimum atomic E-state index is -0.486. The SMILES string of the molecule is COc1ccc(OCCCC(=O)Nc2ccccc2-c2nc3cc([N+](=O)[O-])ccc3o2)cc1. The summed E-state index contributed by atoms with van der Waals surface area (Å²) in [5.74, 6) is 1.55. The van der Waals surface area contributed by atoms with Gasteiger partial charge in [0.25, 0.3) is 5.69 Å². The highest BCUT2D eigenvalue weighted by atomic mass is 16.6. The number of rotatable bonds is 9. The number of anilines is 1. The van der Waals surface area contributed by atoms with Crippen molar-refractivity contribution >= 4 is 28.4 Å². The monoisotopic (exact) mass is 447 g/mol. The number of nitro groups is 1. The van der Waals surface area contributed by atoms with Gasteiger partial charge in [0.05, 0.1) is 29.9 Å². The number of aromatic nitrogens is 1. The van der Waals surface area contributed by atoms with Crippen LogP contribution >= 0.6 is 0 Å². The highest BCUT2D eigenvalue weighted by Gasteiger charge is 2.16. The van der Waals surface area contributed by atoms with Gasteiger partial charge in [0.2, 0.25) is 11.8 Å². The number of nitro benzene ring substituents is 1. The van der Waals surface area contributed by atoms with Gasteiger partial charge in [0.1, 0.15) is 17.0 Å². The fourth-order valence-corrected chi connectivity index (χ4v) is 3.23. The molecule has 1 aromatic heterocycles. The lowest BCUT2D eigenvalue weighted by atomic mass is 10.1. The summed E-state index contributed by atoms with van der Waals surface area (Å²) >= 11 is 0. The molecule has 3 aromatic carbocycles. The Hall–Kier alpha value is -4.40. The van der Waals surface area contributed by atoms with Crippen molar-refractivity contribution in [2.75, 3.05) is 19.0 Å². The number of nitrogens with one attached hydrogen (secondary N) is 1. The third-order valence-corrected chi connectivity index (χ3v) is 4.89. The van der Waals surface area contributed by atoms with Gasteiger partial charge in [0, 0.05) is 18.6 Å². The Labute approximate surface area is 189 Å². The normalized spacial score (nSPS) is 10.7. The number of ether oxygens (including phenoxy) is 2. The van der Waals surface area contributed by atoms with Crippen LogP contribution in [0.2, 0.25) is 0 Å². The number of carbonyl (C=O) groups excluding carboxylic acids is 1. The van der Waals surface area contributed by atoms with Crippen LogP contribution in [0.5, 0.6) is 11.5 Å². The molecular weight excluding hydrogens is 426 g/mol. The average Bonchev–Trinajstić information content (AvgIpc) is 3.26. The van der Waals surface area contributed by atoms with Crippen LogP contribution < -0.4 is 14.8 Å². The van der Waals surface area contributed by atoms with E-state index in [2.05, 4.69) is 10.3 Å². The maximum atomic E-state index is 12.5. The minimum absolute atomic E-state index is 0.0687. The van der Waals surface area contributed by atoms with Gasteiger partial charge in [0.15, 0.2) is 5.58 Å². The lowest BCUT2D eigenvalue weighted by Crippen LogP contribution is -2.13. The molecule has 0 saturated carbocycles. The number of non-ortho nitro benzene ring substituents is 1. The van der Waals surface area contributed by atoms with Crippen molar-refractivity contribution in [2.24, 2.45) is 0 Å². The maximum Gasteiger partial charge on any atom is 0.271 e. The first kappa shape index (κ1) is 21.8. The summed E-state index contributed by atoms with van der Waals surface area (Å²) in [6, 6.07) is 18.6. The summed E-state index contributed by atoms with van der Waals surface area (Å²) < 4.78 is 16.5. The van der Waals surface area contributed by atoms with Crippen LogP contribution in [0.3, 0.4) is 0 Å². The van der Waals surface area contributed by atoms with E-state index in [4.69, 9.17) is 13.9 Å². The van der Waals surface area contributed by atoms with E-state index in [0.717, 1.165) is 5.75 Å². The molecule has 0 radical (unpaired) electrons. The Morgan fingerprint density at radius 3 is 2.61 bits per heavy atom. The molecule has 33 heavy (non-hydrogen) atoms. The number of oxazole rings is 1. The Bertz CT molecular complexity index is 1280. The largest absolute Gasteiger partial charge is 0.497 e. The van der Waals surface area contributed by atoms with Gasteiger partial charge in [-0.05, 0) is 48.9 Å². The van der Waals surface area contributed by atoms with E-state index in [1.165, 1.54) is 18.2 Å². The number of methoxy groups -OCH3 is 1. The summed E-state index contributed by atoms with van der Waals surface area (Å²) in [5.41, 5.74) is 1.85. The molecule has 0 spiro atoms. The van der Waals surface area contributed by atoms with Gasteiger partial charge in [-0.1, -0.05) is 12.1 Å². The maximum absolute atomic E-state index is 12.5. The molecule has 4 aromatic rings. The zero-order valence-electron chi connectivity index (χ0n) is 17.8. The van der Waals surface area contributed by atoms with Crippen molar-refractivity contribution < 1.29 is 23.6 Å². The van der Waals surface area contributed by atoms with Gasteiger partial charge in [-0.25, -0.2) is 4.98 Å². The van der Waals surface area contributed by atoms with Crippen LogP contribution in [0.15, 0.2) is 71.1 Å². The van der Waals surface area contributed by atoms with Crippen molar-refractivity contribution in [3.8, 4) is 23.0 Å². The van der Waals surface area contributed by atoms with Crippen molar-refractivity contribution in [1.29, 1.82) is 0 Å². The number of benzene rings is 3. The van der Waals surface area contributed by atoms with E-state index in [0.29, 0.717) is 41.1 Å².